The highest BCUT2D eigenvalue weighted by Gasteiger charge is 2.36. The second-order valence-corrected chi connectivity index (χ2v) is 10.3. The van der Waals surface area contributed by atoms with Crippen LogP contribution in [-0.2, 0) is 9.53 Å². The first-order valence-corrected chi connectivity index (χ1v) is 12.0. The molecular weight excluding hydrogens is 458 g/mol. The molecule has 0 unspecified atom stereocenters. The van der Waals surface area contributed by atoms with Crippen LogP contribution in [0.2, 0.25) is 0 Å². The molecule has 0 aliphatic heterocycles. The van der Waals surface area contributed by atoms with Gasteiger partial charge in [-0.05, 0) is 62.9 Å². The Hall–Kier alpha value is -3.81. The van der Waals surface area contributed by atoms with Crippen LogP contribution in [0.1, 0.15) is 41.0 Å². The number of benzene rings is 2. The van der Waals surface area contributed by atoms with Crippen LogP contribution >= 0.6 is 0 Å². The second kappa shape index (κ2) is 10.0. The molecule has 0 saturated heterocycles. The molecule has 0 amide bonds. The molecule has 8 nitrogen and oxygen atoms in total. The Labute approximate surface area is 211 Å². The molecule has 0 atom stereocenters. The van der Waals surface area contributed by atoms with E-state index in [-0.39, 0.29) is 11.4 Å². The summed E-state index contributed by atoms with van der Waals surface area (Å²) >= 11 is 0. The molecule has 0 aliphatic rings. The van der Waals surface area contributed by atoms with E-state index in [9.17, 15) is 4.79 Å². The molecule has 2 aromatic heterocycles. The number of aromatic nitrogens is 2. The fraction of sp³-hybridized carbons (Fsp3) is 0.393. The number of carbonyl (C=O) groups is 1. The van der Waals surface area contributed by atoms with Crippen LogP contribution in [0.5, 0.6) is 11.5 Å². The van der Waals surface area contributed by atoms with E-state index < -0.39 is 5.41 Å². The summed E-state index contributed by atoms with van der Waals surface area (Å²) < 4.78 is 22.5. The van der Waals surface area contributed by atoms with E-state index in [1.165, 1.54) is 6.33 Å². The summed E-state index contributed by atoms with van der Waals surface area (Å²) in [6.07, 6.45) is 3.79. The van der Waals surface area contributed by atoms with E-state index in [4.69, 9.17) is 18.6 Å². The van der Waals surface area contributed by atoms with Crippen molar-refractivity contribution in [1.29, 1.82) is 0 Å². The van der Waals surface area contributed by atoms with Crippen molar-refractivity contribution in [2.24, 2.45) is 10.8 Å². The number of methoxy groups -OCH3 is 1. The van der Waals surface area contributed by atoms with Gasteiger partial charge < -0.3 is 23.9 Å². The van der Waals surface area contributed by atoms with Crippen molar-refractivity contribution >= 4 is 39.3 Å². The maximum atomic E-state index is 12.4. The summed E-state index contributed by atoms with van der Waals surface area (Å²) in [5, 5.41) is 5.17. The minimum absolute atomic E-state index is 0.204. The van der Waals surface area contributed by atoms with Crippen molar-refractivity contribution < 1.29 is 23.4 Å². The van der Waals surface area contributed by atoms with Crippen LogP contribution in [0, 0.1) is 10.8 Å². The zero-order chi connectivity index (χ0) is 25.9. The number of fused-ring (bicyclic) bond motifs is 2. The molecule has 0 aliphatic carbocycles. The first-order chi connectivity index (χ1) is 17.1. The molecule has 190 valence electrons. The van der Waals surface area contributed by atoms with Gasteiger partial charge in [0.05, 0.1) is 37.5 Å². The van der Waals surface area contributed by atoms with E-state index in [1.807, 2.05) is 57.2 Å². The lowest BCUT2D eigenvalue weighted by molar-refractivity contribution is -0.155. The minimum atomic E-state index is -0.621. The molecule has 0 saturated carbocycles. The quantitative estimate of drug-likeness (QED) is 0.251. The molecule has 1 N–H and O–H groups in total. The first kappa shape index (κ1) is 25.3. The Bertz CT molecular complexity index is 1380. The normalized spacial score (nSPS) is 12.1. The van der Waals surface area contributed by atoms with Gasteiger partial charge in [0.1, 0.15) is 17.7 Å². The number of furan rings is 1. The van der Waals surface area contributed by atoms with E-state index in [1.54, 1.807) is 13.4 Å². The van der Waals surface area contributed by atoms with Crippen molar-refractivity contribution in [3.63, 3.8) is 0 Å². The Morgan fingerprint density at radius 2 is 1.86 bits per heavy atom. The van der Waals surface area contributed by atoms with Gasteiger partial charge in [0, 0.05) is 22.5 Å². The van der Waals surface area contributed by atoms with Crippen molar-refractivity contribution in [1.82, 2.24) is 9.97 Å². The average molecular weight is 492 g/mol. The molecule has 2 aromatic carbocycles. The standard InChI is InChI=1S/C28H33N3O5/c1-7-34-26(32)28(4,5)15-27(2,3)16-36-24-14-21-20(13-23(24)33-6)25(30-17-29-21)31-19-8-9-22-18(12-19)10-11-35-22/h8-14,17H,7,15-16H2,1-6H3,(H,29,30,31). The maximum absolute atomic E-state index is 12.4. The monoisotopic (exact) mass is 491 g/mol. The SMILES string of the molecule is CCOC(=O)C(C)(C)CC(C)(C)COc1cc2ncnc(Nc3ccc4occc4c3)c2cc1OC. The third-order valence-electron chi connectivity index (χ3n) is 6.00. The highest BCUT2D eigenvalue weighted by molar-refractivity contribution is 5.94. The van der Waals surface area contributed by atoms with Crippen molar-refractivity contribution in [2.75, 3.05) is 25.6 Å². The van der Waals surface area contributed by atoms with Gasteiger partial charge in [-0.1, -0.05) is 13.8 Å². The van der Waals surface area contributed by atoms with Crippen LogP contribution < -0.4 is 14.8 Å². The van der Waals surface area contributed by atoms with Crippen molar-refractivity contribution in [3.8, 4) is 11.5 Å². The average Bonchev–Trinajstić information content (AvgIpc) is 3.30. The highest BCUT2D eigenvalue weighted by atomic mass is 16.5. The van der Waals surface area contributed by atoms with E-state index in [2.05, 4.69) is 29.1 Å². The first-order valence-electron chi connectivity index (χ1n) is 12.0. The number of hydrogen-bond acceptors (Lipinski definition) is 8. The van der Waals surface area contributed by atoms with Gasteiger partial charge in [0.15, 0.2) is 11.5 Å². The van der Waals surface area contributed by atoms with Gasteiger partial charge in [-0.15, -0.1) is 0 Å². The minimum Gasteiger partial charge on any atom is -0.493 e. The van der Waals surface area contributed by atoms with Crippen LogP contribution in [0.25, 0.3) is 21.9 Å². The highest BCUT2D eigenvalue weighted by Crippen LogP contribution is 2.38. The molecule has 2 heterocycles. The molecule has 36 heavy (non-hydrogen) atoms. The molecule has 0 bridgehead atoms. The number of anilines is 2. The van der Waals surface area contributed by atoms with E-state index >= 15 is 0 Å². The Morgan fingerprint density at radius 1 is 1.06 bits per heavy atom. The van der Waals surface area contributed by atoms with E-state index in [0.717, 1.165) is 27.6 Å². The molecule has 0 radical (unpaired) electrons. The van der Waals surface area contributed by atoms with Crippen LogP contribution in [-0.4, -0.2) is 36.3 Å². The van der Waals surface area contributed by atoms with Crippen molar-refractivity contribution in [2.45, 2.75) is 41.0 Å². The van der Waals surface area contributed by atoms with Crippen molar-refractivity contribution in [3.05, 3.63) is 49.0 Å². The fourth-order valence-electron chi connectivity index (χ4n) is 4.54. The van der Waals surface area contributed by atoms with Gasteiger partial charge in [-0.3, -0.25) is 4.79 Å². The smallest absolute Gasteiger partial charge is 0.311 e. The maximum Gasteiger partial charge on any atom is 0.311 e. The lowest BCUT2D eigenvalue weighted by Crippen LogP contribution is -2.35. The lowest BCUT2D eigenvalue weighted by Gasteiger charge is -2.33. The number of ether oxygens (including phenoxy) is 3. The Balaban J connectivity index is 1.55. The molecule has 0 fully saturated rings. The Morgan fingerprint density at radius 3 is 2.61 bits per heavy atom. The second-order valence-electron chi connectivity index (χ2n) is 10.3. The predicted octanol–water partition coefficient (Wildman–Crippen LogP) is 6.51. The summed E-state index contributed by atoms with van der Waals surface area (Å²) in [5.41, 5.74) is 1.51. The van der Waals surface area contributed by atoms with Crippen LogP contribution in [0.3, 0.4) is 0 Å². The predicted molar refractivity (Wildman–Crippen MR) is 140 cm³/mol. The van der Waals surface area contributed by atoms with Crippen LogP contribution in [0.15, 0.2) is 53.4 Å². The zero-order valence-electron chi connectivity index (χ0n) is 21.7. The lowest BCUT2D eigenvalue weighted by atomic mass is 9.75. The number of esters is 1. The molecule has 4 rings (SSSR count). The van der Waals surface area contributed by atoms with Gasteiger partial charge in [0.25, 0.3) is 0 Å². The van der Waals surface area contributed by atoms with Gasteiger partial charge in [-0.25, -0.2) is 9.97 Å². The summed E-state index contributed by atoms with van der Waals surface area (Å²) in [5.74, 6) is 1.61. The topological polar surface area (TPSA) is 95.7 Å². The third kappa shape index (κ3) is 5.53. The van der Waals surface area contributed by atoms with Crippen LogP contribution in [0.4, 0.5) is 11.5 Å². The summed E-state index contributed by atoms with van der Waals surface area (Å²) in [6, 6.07) is 11.5. The number of carbonyl (C=O) groups excluding carboxylic acids is 1. The largest absolute Gasteiger partial charge is 0.493 e. The number of nitrogens with one attached hydrogen (secondary N) is 1. The molecule has 4 aromatic rings. The van der Waals surface area contributed by atoms with Gasteiger partial charge >= 0.3 is 5.97 Å². The fourth-order valence-corrected chi connectivity index (χ4v) is 4.54. The summed E-state index contributed by atoms with van der Waals surface area (Å²) in [4.78, 5) is 21.3. The number of rotatable bonds is 10. The molecule has 0 spiro atoms. The number of nitrogens with zero attached hydrogens (tertiary/aromatic N) is 2. The molecular formula is C28H33N3O5. The summed E-state index contributed by atoms with van der Waals surface area (Å²) in [7, 11) is 1.60. The number of hydrogen-bond donors (Lipinski definition) is 1. The third-order valence-corrected chi connectivity index (χ3v) is 6.00. The van der Waals surface area contributed by atoms with Gasteiger partial charge in [-0.2, -0.15) is 0 Å². The van der Waals surface area contributed by atoms with E-state index in [0.29, 0.717) is 37.0 Å². The zero-order valence-corrected chi connectivity index (χ0v) is 21.7. The molecule has 8 heteroatoms. The Kier molecular flexibility index (Phi) is 7.06. The summed E-state index contributed by atoms with van der Waals surface area (Å²) in [6.45, 7) is 10.5. The van der Waals surface area contributed by atoms with Gasteiger partial charge in [0.2, 0.25) is 0 Å².